The fraction of sp³-hybridized carbons (Fsp3) is 0.407. The molecule has 0 amide bonds. The lowest BCUT2D eigenvalue weighted by molar-refractivity contribution is -0.139. The van der Waals surface area contributed by atoms with Crippen LogP contribution in [0.5, 0.6) is 0 Å². The lowest BCUT2D eigenvalue weighted by Gasteiger charge is -2.05. The van der Waals surface area contributed by atoms with Crippen LogP contribution in [0.25, 0.3) is 0 Å². The second-order valence-corrected chi connectivity index (χ2v) is 19.9. The molecule has 336 valence electrons. The van der Waals surface area contributed by atoms with Crippen molar-refractivity contribution in [3.8, 4) is 0 Å². The second kappa shape index (κ2) is 22.9. The molecule has 18 N–H and O–H groups in total. The van der Waals surface area contributed by atoms with E-state index in [-0.39, 0.29) is 70.2 Å². The van der Waals surface area contributed by atoms with E-state index in [9.17, 15) is 37.4 Å². The van der Waals surface area contributed by atoms with Gasteiger partial charge in [0.2, 0.25) is 5.50 Å². The number of carboxylic acids is 1. The highest BCUT2D eigenvalue weighted by molar-refractivity contribution is 7.67. The minimum atomic E-state index is -4.42. The van der Waals surface area contributed by atoms with Crippen LogP contribution in [0.2, 0.25) is 0 Å². The van der Waals surface area contributed by atoms with Gasteiger partial charge in [-0.1, -0.05) is 0 Å². The van der Waals surface area contributed by atoms with E-state index in [0.29, 0.717) is 5.01 Å². The van der Waals surface area contributed by atoms with Gasteiger partial charge in [0.25, 0.3) is 0 Å². The van der Waals surface area contributed by atoms with Gasteiger partial charge in [0.05, 0.1) is 54.5 Å². The molecule has 4 atom stereocenters. The van der Waals surface area contributed by atoms with E-state index < -0.39 is 66.0 Å². The van der Waals surface area contributed by atoms with Gasteiger partial charge in [-0.2, -0.15) is 5.10 Å². The molecular formula is C27H44N10O18P4S. The molecule has 0 aromatic carbocycles. The number of nitrogens with two attached hydrogens (primary N) is 4. The number of oxazole rings is 1. The predicted octanol–water partition coefficient (Wildman–Crippen LogP) is -4.89. The van der Waals surface area contributed by atoms with Crippen molar-refractivity contribution in [3.05, 3.63) is 47.7 Å². The standard InChI is InChI=1S/C7H12N3O4P.C7H11N2O5P.C7H11N2O4PS.C6H10N3O5P/c1-4(11)5(8)2-6-9-3-7(10-6)15(12,13)14;1-4(10)5(8)2-6-9-3-7(14-6)15(11,12)13;1-4(10)5(8)2-6-9-3-7(15-6)14(11,12)13;7-5(6(10)11)3-9-2-4(1-8-9)15(12,13)14/h3,5H,2,8H2,1H3,(H,9,10)(H2,12,13,14);2*3,5H,2,8H2,1H3,(H2,11,12,13);1-2,5H,3,7H2,(H,10,11)(H2,12,13,14)/t4*5-/m0000/s1. The van der Waals surface area contributed by atoms with Crippen LogP contribution in [-0.4, -0.2) is 121 Å². The van der Waals surface area contributed by atoms with E-state index in [2.05, 4.69) is 25.0 Å². The lowest BCUT2D eigenvalue weighted by atomic mass is 10.1. The maximum atomic E-state index is 10.9. The van der Waals surface area contributed by atoms with Crippen molar-refractivity contribution in [1.82, 2.24) is 29.7 Å². The number of nitrogens with one attached hydrogen (secondary N) is 1. The Hall–Kier alpha value is -3.82. The molecule has 0 radical (unpaired) electrons. The fourth-order valence-electron chi connectivity index (χ4n) is 3.56. The van der Waals surface area contributed by atoms with Crippen LogP contribution in [0.1, 0.15) is 37.5 Å². The molecule has 4 aromatic rings. The van der Waals surface area contributed by atoms with Crippen LogP contribution in [-0.2, 0) is 63.2 Å². The Balaban J connectivity index is 0.000000400. The number of hydrogen-bond donors (Lipinski definition) is 14. The average molecular weight is 953 g/mol. The molecule has 0 saturated carbocycles. The summed E-state index contributed by atoms with van der Waals surface area (Å²) in [4.78, 5) is 127. The molecule has 0 bridgehead atoms. The number of ketones is 3. The summed E-state index contributed by atoms with van der Waals surface area (Å²) in [6, 6.07) is -3.30. The molecule has 4 heterocycles. The predicted molar refractivity (Wildman–Crippen MR) is 209 cm³/mol. The smallest absolute Gasteiger partial charge is 0.392 e. The molecule has 0 saturated heterocycles. The van der Waals surface area contributed by atoms with Gasteiger partial charge in [-0.25, -0.2) is 15.0 Å². The zero-order valence-electron chi connectivity index (χ0n) is 31.5. The number of nitrogens with zero attached hydrogens (tertiary/aromatic N) is 5. The number of H-pyrrole nitrogens is 1. The number of thiazole rings is 1. The quantitative estimate of drug-likeness (QED) is 0.0468. The fourth-order valence-corrected chi connectivity index (χ4v) is 6.68. The largest absolute Gasteiger partial charge is 0.480 e. The van der Waals surface area contributed by atoms with Crippen LogP contribution in [0.3, 0.4) is 0 Å². The summed E-state index contributed by atoms with van der Waals surface area (Å²) in [5, 5.41) is 12.3. The van der Waals surface area contributed by atoms with Crippen LogP contribution in [0, 0.1) is 0 Å². The van der Waals surface area contributed by atoms with Crippen LogP contribution >= 0.6 is 41.7 Å². The average Bonchev–Trinajstić information content (AvgIpc) is 3.92. The molecule has 4 rings (SSSR count). The zero-order valence-corrected chi connectivity index (χ0v) is 35.9. The summed E-state index contributed by atoms with van der Waals surface area (Å²) in [6.45, 7) is 3.88. The van der Waals surface area contributed by atoms with E-state index in [4.69, 9.17) is 71.6 Å². The third kappa shape index (κ3) is 19.7. The normalized spacial score (nSPS) is 13.8. The monoisotopic (exact) mass is 952 g/mol. The Morgan fingerprint density at radius 2 is 1.23 bits per heavy atom. The highest BCUT2D eigenvalue weighted by Gasteiger charge is 2.25. The van der Waals surface area contributed by atoms with Crippen LogP contribution < -0.4 is 43.8 Å². The Kier molecular flexibility index (Phi) is 20.6. The first-order chi connectivity index (χ1) is 27.2. The molecular weight excluding hydrogens is 908 g/mol. The van der Waals surface area contributed by atoms with Gasteiger partial charge in [0, 0.05) is 25.5 Å². The van der Waals surface area contributed by atoms with Gasteiger partial charge < -0.3 is 76.6 Å². The summed E-state index contributed by atoms with van der Waals surface area (Å²) < 4.78 is 48.8. The van der Waals surface area contributed by atoms with Crippen LogP contribution in [0.15, 0.2) is 35.4 Å². The van der Waals surface area contributed by atoms with Crippen molar-refractivity contribution in [2.75, 3.05) is 0 Å². The summed E-state index contributed by atoms with van der Waals surface area (Å²) in [6.07, 6.45) is 5.52. The number of carboxylic acid groups (broad SMARTS) is 1. The maximum Gasteiger partial charge on any atom is 0.392 e. The number of aromatic amines is 1. The van der Waals surface area contributed by atoms with Gasteiger partial charge in [-0.05, 0) is 20.8 Å². The van der Waals surface area contributed by atoms with E-state index in [1.807, 2.05) is 0 Å². The third-order valence-corrected chi connectivity index (χ3v) is 12.1. The van der Waals surface area contributed by atoms with Crippen molar-refractivity contribution < 1.29 is 86.1 Å². The highest BCUT2D eigenvalue weighted by Crippen LogP contribution is 2.36. The van der Waals surface area contributed by atoms with Crippen molar-refractivity contribution in [1.29, 1.82) is 0 Å². The summed E-state index contributed by atoms with van der Waals surface area (Å²) >= 11 is 0.879. The minimum absolute atomic E-state index is 0.0231. The molecule has 0 aliphatic carbocycles. The van der Waals surface area contributed by atoms with E-state index >= 15 is 0 Å². The van der Waals surface area contributed by atoms with Crippen molar-refractivity contribution >= 4 is 85.9 Å². The molecule has 33 heteroatoms. The first-order valence-electron chi connectivity index (χ1n) is 16.2. The van der Waals surface area contributed by atoms with Gasteiger partial charge >= 0.3 is 36.4 Å². The number of hydrogen-bond acceptors (Lipinski definition) is 18. The SMILES string of the molecule is CC(=O)[C@@H](N)Cc1ncc(P(=O)(O)O)[nH]1.CC(=O)[C@@H](N)Cc1ncc(P(=O)(O)O)o1.CC(=O)[C@@H](N)Cc1ncc(P(=O)(O)O)s1.N[C@@H](Cn1cc(P(=O)(O)O)cn1)C(=O)O. The van der Waals surface area contributed by atoms with Crippen molar-refractivity contribution in [3.63, 3.8) is 0 Å². The second-order valence-electron chi connectivity index (χ2n) is 12.2. The molecule has 0 unspecified atom stereocenters. The van der Waals surface area contributed by atoms with Gasteiger partial charge in [-0.3, -0.25) is 42.1 Å². The van der Waals surface area contributed by atoms with Gasteiger partial charge in [0.15, 0.2) is 5.89 Å². The summed E-state index contributed by atoms with van der Waals surface area (Å²) in [5.41, 5.74) is 20.8. The molecule has 0 aliphatic rings. The minimum Gasteiger partial charge on any atom is -0.480 e. The van der Waals surface area contributed by atoms with Crippen molar-refractivity contribution in [2.24, 2.45) is 22.9 Å². The Bertz CT molecular complexity index is 1960. The number of Topliss-reactive ketones (excluding diaryl/α,β-unsaturated/α-hetero) is 3. The van der Waals surface area contributed by atoms with Gasteiger partial charge in [-0.15, -0.1) is 11.3 Å². The number of carbonyl (C=O) groups is 4. The number of imidazole rings is 1. The van der Waals surface area contributed by atoms with Crippen LogP contribution in [0.4, 0.5) is 0 Å². The van der Waals surface area contributed by atoms with E-state index in [0.717, 1.165) is 47.0 Å². The molecule has 0 aliphatic heterocycles. The first kappa shape index (κ1) is 54.2. The Labute approximate surface area is 342 Å². The number of rotatable bonds is 16. The number of aliphatic carboxylic acids is 1. The van der Waals surface area contributed by atoms with Crippen molar-refractivity contribution in [2.45, 2.75) is 70.7 Å². The molecule has 60 heavy (non-hydrogen) atoms. The lowest BCUT2D eigenvalue weighted by Crippen LogP contribution is -2.34. The maximum absolute atomic E-state index is 10.9. The van der Waals surface area contributed by atoms with E-state index in [1.165, 1.54) is 20.8 Å². The first-order valence-corrected chi connectivity index (χ1v) is 23.5. The highest BCUT2D eigenvalue weighted by atomic mass is 32.1. The summed E-state index contributed by atoms with van der Waals surface area (Å²) in [7, 11) is -17.3. The van der Waals surface area contributed by atoms with E-state index in [1.54, 1.807) is 0 Å². The Morgan fingerprint density at radius 3 is 1.63 bits per heavy atom. The number of aromatic nitrogens is 6. The molecule has 0 fully saturated rings. The third-order valence-electron chi connectivity index (χ3n) is 7.01. The van der Waals surface area contributed by atoms with Gasteiger partial charge in [0.1, 0.15) is 44.6 Å². The Morgan fingerprint density at radius 1 is 0.700 bits per heavy atom. The molecule has 4 aromatic heterocycles. The zero-order chi connectivity index (χ0) is 46.6. The molecule has 28 nitrogen and oxygen atoms in total. The molecule has 0 spiro atoms. The topological polar surface area (TPSA) is 508 Å². The number of carbonyl (C=O) groups excluding carboxylic acids is 3. The summed E-state index contributed by atoms with van der Waals surface area (Å²) in [5.74, 6) is -1.51.